The van der Waals surface area contributed by atoms with E-state index in [1.807, 2.05) is 6.07 Å². The Morgan fingerprint density at radius 3 is 2.48 bits per heavy atom. The van der Waals surface area contributed by atoms with Crippen molar-refractivity contribution < 1.29 is 22.9 Å². The Hall–Kier alpha value is -4.26. The number of nitro groups is 1. The average Bonchev–Trinajstić information content (AvgIpc) is 2.70. The van der Waals surface area contributed by atoms with Crippen molar-refractivity contribution in [2.45, 2.75) is 18.6 Å². The van der Waals surface area contributed by atoms with E-state index >= 15 is 0 Å². The molecule has 12 nitrogen and oxygen atoms in total. The maximum absolute atomic E-state index is 12.1. The minimum atomic E-state index is -3.94. The lowest BCUT2D eigenvalue weighted by Gasteiger charge is -2.12. The number of anilines is 2. The predicted molar refractivity (Wildman–Crippen MR) is 120 cm³/mol. The van der Waals surface area contributed by atoms with Crippen molar-refractivity contribution in [2.24, 2.45) is 5.73 Å². The van der Waals surface area contributed by atoms with E-state index in [-0.39, 0.29) is 23.8 Å². The number of rotatable bonds is 8. The number of aromatic nitrogens is 2. The van der Waals surface area contributed by atoms with Crippen molar-refractivity contribution in [3.63, 3.8) is 0 Å². The fourth-order valence-electron chi connectivity index (χ4n) is 2.85. The number of sulfone groups is 1. The molecule has 0 unspecified atom stereocenters. The smallest absolute Gasteiger partial charge is 0.373 e. The molecule has 0 aliphatic carbocycles. The SMILES string of the molecule is Cc1cc(NC(N)=O)cc(Oc2nc(S(C)(=O)=O)nc(NCc3ccccc3)c2[N+](=O)[O-])c1. The van der Waals surface area contributed by atoms with Crippen LogP contribution in [0.4, 0.5) is 22.0 Å². The highest BCUT2D eigenvalue weighted by Gasteiger charge is 2.29. The van der Waals surface area contributed by atoms with E-state index in [0.717, 1.165) is 11.8 Å². The molecule has 4 N–H and O–H groups in total. The van der Waals surface area contributed by atoms with Crippen LogP contribution < -0.4 is 21.1 Å². The zero-order valence-corrected chi connectivity index (χ0v) is 18.4. The highest BCUT2D eigenvalue weighted by molar-refractivity contribution is 7.90. The molecule has 3 rings (SSSR count). The van der Waals surface area contributed by atoms with Crippen molar-refractivity contribution in [2.75, 3.05) is 16.9 Å². The fourth-order valence-corrected chi connectivity index (χ4v) is 3.36. The summed E-state index contributed by atoms with van der Waals surface area (Å²) >= 11 is 0. The Labute approximate surface area is 188 Å². The fraction of sp³-hybridized carbons (Fsp3) is 0.150. The standard InChI is InChI=1S/C20H20N6O6S/c1-12-8-14(23-19(21)27)10-15(9-12)32-18-16(26(28)29)17(24-20(25-18)33(2,30)31)22-11-13-6-4-3-5-7-13/h3-10H,11H2,1-2H3,(H3,21,23,27)(H,22,24,25). The number of hydrogen-bond acceptors (Lipinski definition) is 9. The summed E-state index contributed by atoms with van der Waals surface area (Å²) in [5.41, 5.74) is 6.19. The predicted octanol–water partition coefficient (Wildman–Crippen LogP) is 2.99. The molecule has 0 spiro atoms. The van der Waals surface area contributed by atoms with E-state index in [1.165, 1.54) is 12.1 Å². The van der Waals surface area contributed by atoms with Crippen LogP contribution in [0.5, 0.6) is 11.6 Å². The number of aryl methyl sites for hydroxylation is 1. The monoisotopic (exact) mass is 472 g/mol. The van der Waals surface area contributed by atoms with Crippen molar-refractivity contribution in [1.82, 2.24) is 9.97 Å². The molecule has 0 fully saturated rings. The summed E-state index contributed by atoms with van der Waals surface area (Å²) in [6.45, 7) is 1.83. The highest BCUT2D eigenvalue weighted by Crippen LogP contribution is 2.37. The molecule has 2 aromatic carbocycles. The van der Waals surface area contributed by atoms with Crippen LogP contribution in [0, 0.1) is 17.0 Å². The van der Waals surface area contributed by atoms with Crippen molar-refractivity contribution in [3.8, 4) is 11.6 Å². The largest absolute Gasteiger partial charge is 0.433 e. The quantitative estimate of drug-likeness (QED) is 0.252. The summed E-state index contributed by atoms with van der Waals surface area (Å²) in [5, 5.41) is 16.4. The van der Waals surface area contributed by atoms with Gasteiger partial charge in [0.25, 0.3) is 5.16 Å². The third kappa shape index (κ3) is 6.13. The van der Waals surface area contributed by atoms with Crippen LogP contribution >= 0.6 is 0 Å². The van der Waals surface area contributed by atoms with Crippen LogP contribution in [0.15, 0.2) is 53.7 Å². The zero-order valence-electron chi connectivity index (χ0n) is 17.6. The van der Waals surface area contributed by atoms with Gasteiger partial charge in [0.1, 0.15) is 5.75 Å². The second-order valence-electron chi connectivity index (χ2n) is 7.00. The molecule has 0 saturated heterocycles. The molecule has 0 atom stereocenters. The first-order chi connectivity index (χ1) is 15.5. The van der Waals surface area contributed by atoms with Gasteiger partial charge in [-0.2, -0.15) is 9.97 Å². The summed E-state index contributed by atoms with van der Waals surface area (Å²) < 4.78 is 29.9. The minimum Gasteiger partial charge on any atom is -0.433 e. The van der Waals surface area contributed by atoms with Crippen molar-refractivity contribution in [1.29, 1.82) is 0 Å². The van der Waals surface area contributed by atoms with Crippen LogP contribution in [0.1, 0.15) is 11.1 Å². The molecule has 33 heavy (non-hydrogen) atoms. The van der Waals surface area contributed by atoms with Crippen molar-refractivity contribution >= 4 is 33.1 Å². The minimum absolute atomic E-state index is 0.0639. The van der Waals surface area contributed by atoms with Crippen LogP contribution in [0.2, 0.25) is 0 Å². The molecule has 13 heteroatoms. The van der Waals surface area contributed by atoms with Crippen LogP contribution in [0.25, 0.3) is 0 Å². The molecule has 1 aromatic heterocycles. The molecule has 172 valence electrons. The molecule has 0 bridgehead atoms. The second-order valence-corrected chi connectivity index (χ2v) is 8.91. The summed E-state index contributed by atoms with van der Waals surface area (Å²) in [6, 6.07) is 12.6. The summed E-state index contributed by atoms with van der Waals surface area (Å²) in [7, 11) is -3.94. The van der Waals surface area contributed by atoms with E-state index < -0.39 is 37.5 Å². The van der Waals surface area contributed by atoms with Gasteiger partial charge in [-0.05, 0) is 30.2 Å². The third-order valence-corrected chi connectivity index (χ3v) is 5.03. The number of carbonyl (C=O) groups excluding carboxylic acids is 1. The van der Waals surface area contributed by atoms with Gasteiger partial charge in [-0.15, -0.1) is 0 Å². The van der Waals surface area contributed by atoms with E-state index in [2.05, 4.69) is 20.6 Å². The number of nitrogens with zero attached hydrogens (tertiary/aromatic N) is 3. The first-order valence-electron chi connectivity index (χ1n) is 9.43. The van der Waals surface area contributed by atoms with Crippen LogP contribution in [-0.4, -0.2) is 35.6 Å². The maximum atomic E-state index is 12.1. The van der Waals surface area contributed by atoms with Gasteiger partial charge in [0.15, 0.2) is 0 Å². The average molecular weight is 472 g/mol. The van der Waals surface area contributed by atoms with E-state index in [1.54, 1.807) is 37.3 Å². The molecule has 0 saturated carbocycles. The Bertz CT molecular complexity index is 1310. The lowest BCUT2D eigenvalue weighted by molar-refractivity contribution is -0.385. The molecular formula is C20H20N6O6S. The summed E-state index contributed by atoms with van der Waals surface area (Å²) in [6.07, 6.45) is 0.875. The molecule has 1 heterocycles. The topological polar surface area (TPSA) is 179 Å². The molecular weight excluding hydrogens is 452 g/mol. The lowest BCUT2D eigenvalue weighted by atomic mass is 10.2. The van der Waals surface area contributed by atoms with E-state index in [9.17, 15) is 23.3 Å². The van der Waals surface area contributed by atoms with Gasteiger partial charge < -0.3 is 21.1 Å². The highest BCUT2D eigenvalue weighted by atomic mass is 32.2. The van der Waals surface area contributed by atoms with Gasteiger partial charge >= 0.3 is 17.6 Å². The number of hydrogen-bond donors (Lipinski definition) is 3. The number of primary amides is 1. The van der Waals surface area contributed by atoms with Crippen LogP contribution in [-0.2, 0) is 16.4 Å². The van der Waals surface area contributed by atoms with Gasteiger partial charge in [0.05, 0.1) is 4.92 Å². The number of ether oxygens (including phenoxy) is 1. The Morgan fingerprint density at radius 2 is 1.88 bits per heavy atom. The Kier molecular flexibility index (Phi) is 6.72. The summed E-state index contributed by atoms with van der Waals surface area (Å²) in [4.78, 5) is 29.9. The number of urea groups is 1. The van der Waals surface area contributed by atoms with Gasteiger partial charge in [-0.25, -0.2) is 13.2 Å². The van der Waals surface area contributed by atoms with Crippen molar-refractivity contribution in [3.05, 3.63) is 69.8 Å². The van der Waals surface area contributed by atoms with Gasteiger partial charge in [-0.3, -0.25) is 10.1 Å². The summed E-state index contributed by atoms with van der Waals surface area (Å²) in [5.74, 6) is -0.840. The molecule has 0 aliphatic rings. The molecule has 2 amide bonds. The number of amides is 2. The van der Waals surface area contributed by atoms with Gasteiger partial charge in [-0.1, -0.05) is 30.3 Å². The van der Waals surface area contributed by atoms with Crippen LogP contribution in [0.3, 0.4) is 0 Å². The first-order valence-corrected chi connectivity index (χ1v) is 11.3. The second kappa shape index (κ2) is 9.48. The lowest BCUT2D eigenvalue weighted by Crippen LogP contribution is -2.19. The third-order valence-electron chi connectivity index (χ3n) is 4.18. The number of carbonyl (C=O) groups is 1. The van der Waals surface area contributed by atoms with E-state index in [0.29, 0.717) is 5.56 Å². The zero-order chi connectivity index (χ0) is 24.2. The van der Waals surface area contributed by atoms with Gasteiger partial charge in [0.2, 0.25) is 15.7 Å². The molecule has 0 radical (unpaired) electrons. The first kappa shape index (κ1) is 23.4. The number of nitrogens with two attached hydrogens (primary N) is 1. The van der Waals surface area contributed by atoms with Gasteiger partial charge in [0, 0.05) is 24.6 Å². The normalized spacial score (nSPS) is 11.0. The Morgan fingerprint density at radius 1 is 1.18 bits per heavy atom. The molecule has 0 aliphatic heterocycles. The van der Waals surface area contributed by atoms with E-state index in [4.69, 9.17) is 10.5 Å². The Balaban J connectivity index is 2.08. The maximum Gasteiger partial charge on any atom is 0.373 e. The molecule has 3 aromatic rings. The number of nitrogens with one attached hydrogen (secondary N) is 2. The number of benzene rings is 2.